The van der Waals surface area contributed by atoms with E-state index in [1.165, 1.54) is 17.5 Å². The Bertz CT molecular complexity index is 291. The number of carbonyl (C=O) groups is 1. The summed E-state index contributed by atoms with van der Waals surface area (Å²) in [4.78, 5) is 12.6. The first-order valence-corrected chi connectivity index (χ1v) is 5.97. The molecule has 1 fully saturated rings. The molecule has 1 saturated heterocycles. The van der Waals surface area contributed by atoms with Crippen LogP contribution >= 0.6 is 0 Å². The largest absolute Gasteiger partial charge is 0.340 e. The van der Waals surface area contributed by atoms with Crippen LogP contribution in [0.4, 0.5) is 0 Å². The number of rotatable bonds is 1. The lowest BCUT2D eigenvalue weighted by Gasteiger charge is -2.32. The van der Waals surface area contributed by atoms with Gasteiger partial charge in [-0.1, -0.05) is 0 Å². The first-order chi connectivity index (χ1) is 5.91. The van der Waals surface area contributed by atoms with E-state index in [0.717, 1.165) is 0 Å². The summed E-state index contributed by atoms with van der Waals surface area (Å²) in [6.07, 6.45) is 1.19. The van der Waals surface area contributed by atoms with E-state index in [0.29, 0.717) is 26.2 Å². The summed E-state index contributed by atoms with van der Waals surface area (Å²) in [5.41, 5.74) is 0. The molecule has 0 aromatic rings. The summed E-state index contributed by atoms with van der Waals surface area (Å²) in [5.74, 6) is 0.00755. The molecule has 0 bridgehead atoms. The van der Waals surface area contributed by atoms with Crippen molar-refractivity contribution in [2.75, 3.05) is 32.4 Å². The maximum Gasteiger partial charge on any atom is 0.219 e. The van der Waals surface area contributed by atoms with Crippen molar-refractivity contribution in [2.45, 2.75) is 6.92 Å². The summed E-state index contributed by atoms with van der Waals surface area (Å²) in [5, 5.41) is 0. The second-order valence-electron chi connectivity index (χ2n) is 3.17. The summed E-state index contributed by atoms with van der Waals surface area (Å²) in [6, 6.07) is 0. The minimum atomic E-state index is -3.08. The van der Waals surface area contributed by atoms with Gasteiger partial charge >= 0.3 is 0 Å². The van der Waals surface area contributed by atoms with Crippen molar-refractivity contribution in [2.24, 2.45) is 0 Å². The maximum atomic E-state index is 11.1. The van der Waals surface area contributed by atoms with Gasteiger partial charge in [0.25, 0.3) is 0 Å². The molecule has 6 heteroatoms. The molecule has 0 N–H and O–H groups in total. The van der Waals surface area contributed by atoms with Gasteiger partial charge in [-0.15, -0.1) is 0 Å². The highest BCUT2D eigenvalue weighted by Gasteiger charge is 2.23. The van der Waals surface area contributed by atoms with Crippen LogP contribution in [-0.4, -0.2) is 56.0 Å². The van der Waals surface area contributed by atoms with Crippen molar-refractivity contribution in [1.29, 1.82) is 0 Å². The second-order valence-corrected chi connectivity index (χ2v) is 5.15. The molecule has 0 aliphatic carbocycles. The molecule has 0 saturated carbocycles. The SMILES string of the molecule is CC(=O)N1CCN(S(C)(=O)=O)CC1. The quantitative estimate of drug-likeness (QED) is 0.559. The highest BCUT2D eigenvalue weighted by Crippen LogP contribution is 2.05. The monoisotopic (exact) mass is 206 g/mol. The third-order valence-corrected chi connectivity index (χ3v) is 3.46. The number of carbonyl (C=O) groups excluding carboxylic acids is 1. The van der Waals surface area contributed by atoms with Crippen LogP contribution in [0, 0.1) is 0 Å². The van der Waals surface area contributed by atoms with Gasteiger partial charge < -0.3 is 4.90 Å². The van der Waals surface area contributed by atoms with Crippen molar-refractivity contribution in [3.05, 3.63) is 0 Å². The van der Waals surface area contributed by atoms with Crippen LogP contribution < -0.4 is 0 Å². The molecule has 1 amide bonds. The van der Waals surface area contributed by atoms with Gasteiger partial charge in [0.15, 0.2) is 0 Å². The first kappa shape index (κ1) is 10.5. The van der Waals surface area contributed by atoms with Crippen molar-refractivity contribution >= 4 is 15.9 Å². The fourth-order valence-corrected chi connectivity index (χ4v) is 2.16. The number of sulfonamides is 1. The number of hydrogen-bond donors (Lipinski definition) is 0. The van der Waals surface area contributed by atoms with E-state index in [1.807, 2.05) is 0 Å². The summed E-state index contributed by atoms with van der Waals surface area (Å²) < 4.78 is 23.6. The van der Waals surface area contributed by atoms with E-state index in [-0.39, 0.29) is 5.91 Å². The third kappa shape index (κ3) is 2.67. The lowest BCUT2D eigenvalue weighted by atomic mass is 10.3. The zero-order valence-electron chi connectivity index (χ0n) is 7.86. The fourth-order valence-electron chi connectivity index (χ4n) is 1.33. The number of piperazine rings is 1. The Morgan fingerprint density at radius 1 is 1.15 bits per heavy atom. The molecular formula is C7H14N2O3S. The Balaban J connectivity index is 2.53. The lowest BCUT2D eigenvalue weighted by molar-refractivity contribution is -0.129. The Morgan fingerprint density at radius 2 is 1.62 bits per heavy atom. The molecule has 1 aliphatic heterocycles. The molecule has 0 aromatic carbocycles. The van der Waals surface area contributed by atoms with E-state index in [4.69, 9.17) is 0 Å². The van der Waals surface area contributed by atoms with Gasteiger partial charge in [0, 0.05) is 33.1 Å². The highest BCUT2D eigenvalue weighted by molar-refractivity contribution is 7.88. The molecule has 1 heterocycles. The van der Waals surface area contributed by atoms with E-state index in [2.05, 4.69) is 0 Å². The number of nitrogens with zero attached hydrogens (tertiary/aromatic N) is 2. The Morgan fingerprint density at radius 3 is 1.92 bits per heavy atom. The molecular weight excluding hydrogens is 192 g/mol. The normalized spacial score (nSPS) is 20.3. The lowest BCUT2D eigenvalue weighted by Crippen LogP contribution is -2.49. The maximum absolute atomic E-state index is 11.1. The Kier molecular flexibility index (Phi) is 2.92. The van der Waals surface area contributed by atoms with Crippen molar-refractivity contribution in [3.63, 3.8) is 0 Å². The predicted octanol–water partition coefficient (Wildman–Crippen LogP) is -0.890. The van der Waals surface area contributed by atoms with E-state index in [9.17, 15) is 13.2 Å². The topological polar surface area (TPSA) is 57.7 Å². The predicted molar refractivity (Wildman–Crippen MR) is 48.7 cm³/mol. The van der Waals surface area contributed by atoms with Gasteiger partial charge in [0.1, 0.15) is 0 Å². The average molecular weight is 206 g/mol. The van der Waals surface area contributed by atoms with Crippen LogP contribution in [-0.2, 0) is 14.8 Å². The number of amides is 1. The third-order valence-electron chi connectivity index (χ3n) is 2.15. The molecule has 0 atom stereocenters. The van der Waals surface area contributed by atoms with Crippen LogP contribution in [0.25, 0.3) is 0 Å². The van der Waals surface area contributed by atoms with Gasteiger partial charge in [-0.3, -0.25) is 4.79 Å². The van der Waals surface area contributed by atoms with E-state index in [1.54, 1.807) is 4.90 Å². The molecule has 0 radical (unpaired) electrons. The minimum Gasteiger partial charge on any atom is -0.340 e. The van der Waals surface area contributed by atoms with Crippen LogP contribution in [0.1, 0.15) is 6.92 Å². The fraction of sp³-hybridized carbons (Fsp3) is 0.857. The van der Waals surface area contributed by atoms with Crippen molar-refractivity contribution < 1.29 is 13.2 Å². The van der Waals surface area contributed by atoms with E-state index < -0.39 is 10.0 Å². The van der Waals surface area contributed by atoms with Gasteiger partial charge in [0.2, 0.25) is 15.9 Å². The van der Waals surface area contributed by atoms with E-state index >= 15 is 0 Å². The van der Waals surface area contributed by atoms with Crippen LogP contribution in [0.15, 0.2) is 0 Å². The standard InChI is InChI=1S/C7H14N2O3S/c1-7(10)8-3-5-9(6-4-8)13(2,11)12/h3-6H2,1-2H3. The summed E-state index contributed by atoms with van der Waals surface area (Å²) in [7, 11) is -3.08. The first-order valence-electron chi connectivity index (χ1n) is 4.12. The highest BCUT2D eigenvalue weighted by atomic mass is 32.2. The van der Waals surface area contributed by atoms with Crippen molar-refractivity contribution in [3.8, 4) is 0 Å². The number of hydrogen-bond acceptors (Lipinski definition) is 3. The molecule has 5 nitrogen and oxygen atoms in total. The minimum absolute atomic E-state index is 0.00755. The molecule has 1 aliphatic rings. The Labute approximate surface area is 78.4 Å². The van der Waals surface area contributed by atoms with Gasteiger partial charge in [-0.25, -0.2) is 8.42 Å². The molecule has 0 aromatic heterocycles. The zero-order valence-corrected chi connectivity index (χ0v) is 8.67. The zero-order chi connectivity index (χ0) is 10.1. The average Bonchev–Trinajstić information content (AvgIpc) is 2.03. The van der Waals surface area contributed by atoms with Crippen LogP contribution in [0.3, 0.4) is 0 Å². The molecule has 0 unspecified atom stereocenters. The Hall–Kier alpha value is -0.620. The van der Waals surface area contributed by atoms with Gasteiger partial charge in [0.05, 0.1) is 6.26 Å². The molecule has 0 spiro atoms. The van der Waals surface area contributed by atoms with Crippen molar-refractivity contribution in [1.82, 2.24) is 9.21 Å². The van der Waals surface area contributed by atoms with Gasteiger partial charge in [-0.2, -0.15) is 4.31 Å². The van der Waals surface area contributed by atoms with Crippen LogP contribution in [0.5, 0.6) is 0 Å². The summed E-state index contributed by atoms with van der Waals surface area (Å²) >= 11 is 0. The molecule has 1 rings (SSSR count). The smallest absolute Gasteiger partial charge is 0.219 e. The molecule has 13 heavy (non-hydrogen) atoms. The van der Waals surface area contributed by atoms with Crippen LogP contribution in [0.2, 0.25) is 0 Å². The second kappa shape index (κ2) is 3.63. The van der Waals surface area contributed by atoms with Gasteiger partial charge in [-0.05, 0) is 0 Å². The molecule has 76 valence electrons. The summed E-state index contributed by atoms with van der Waals surface area (Å²) in [6.45, 7) is 3.33.